The third-order valence-corrected chi connectivity index (χ3v) is 3.96. The Morgan fingerprint density at radius 1 is 1.08 bits per heavy atom. The average Bonchev–Trinajstić information content (AvgIpc) is 2.55. The summed E-state index contributed by atoms with van der Waals surface area (Å²) in [5.41, 5.74) is 0.599. The van der Waals surface area contributed by atoms with Gasteiger partial charge < -0.3 is 10.2 Å². The molecular formula is C16H21ClN4O3. The Balaban J connectivity index is 1.78. The van der Waals surface area contributed by atoms with Gasteiger partial charge in [0.1, 0.15) is 0 Å². The Labute approximate surface area is 145 Å². The summed E-state index contributed by atoms with van der Waals surface area (Å²) in [4.78, 5) is 39.1. The van der Waals surface area contributed by atoms with E-state index in [9.17, 15) is 14.4 Å². The highest BCUT2D eigenvalue weighted by Crippen LogP contribution is 2.13. The molecule has 1 heterocycles. The molecule has 1 aromatic carbocycles. The summed E-state index contributed by atoms with van der Waals surface area (Å²) in [5, 5.41) is 5.37. The Hall–Kier alpha value is -2.12. The molecule has 2 rings (SSSR count). The van der Waals surface area contributed by atoms with Gasteiger partial charge in [-0.25, -0.2) is 4.79 Å². The molecule has 24 heavy (non-hydrogen) atoms. The van der Waals surface area contributed by atoms with Crippen molar-refractivity contribution in [2.75, 3.05) is 39.3 Å². The molecule has 0 saturated carbocycles. The summed E-state index contributed by atoms with van der Waals surface area (Å²) in [6.07, 6.45) is 0. The summed E-state index contributed by atoms with van der Waals surface area (Å²) < 4.78 is 0. The Bertz CT molecular complexity index is 598. The van der Waals surface area contributed by atoms with Crippen LogP contribution in [0, 0.1) is 0 Å². The fourth-order valence-electron chi connectivity index (χ4n) is 2.46. The maximum absolute atomic E-state index is 12.4. The zero-order valence-corrected chi connectivity index (χ0v) is 14.3. The number of imide groups is 1. The highest BCUT2D eigenvalue weighted by atomic mass is 35.5. The predicted molar refractivity (Wildman–Crippen MR) is 91.0 cm³/mol. The lowest BCUT2D eigenvalue weighted by Crippen LogP contribution is -2.52. The summed E-state index contributed by atoms with van der Waals surface area (Å²) >= 11 is 5.83. The number of urea groups is 1. The van der Waals surface area contributed by atoms with E-state index in [0.717, 1.165) is 0 Å². The molecule has 0 spiro atoms. The zero-order valence-electron chi connectivity index (χ0n) is 13.5. The number of rotatable bonds is 4. The average molecular weight is 353 g/mol. The van der Waals surface area contributed by atoms with Crippen LogP contribution in [0.1, 0.15) is 17.3 Å². The van der Waals surface area contributed by atoms with E-state index in [-0.39, 0.29) is 18.4 Å². The number of nitrogens with one attached hydrogen (secondary N) is 2. The van der Waals surface area contributed by atoms with E-state index in [2.05, 4.69) is 10.6 Å². The molecule has 0 radical (unpaired) electrons. The minimum atomic E-state index is -0.487. The molecule has 4 amide bonds. The predicted octanol–water partition coefficient (Wildman–Crippen LogP) is 0.944. The van der Waals surface area contributed by atoms with Gasteiger partial charge in [-0.1, -0.05) is 11.6 Å². The number of carbonyl (C=O) groups excluding carboxylic acids is 3. The van der Waals surface area contributed by atoms with Crippen molar-refractivity contribution in [2.24, 2.45) is 0 Å². The van der Waals surface area contributed by atoms with Crippen LogP contribution < -0.4 is 10.6 Å². The van der Waals surface area contributed by atoms with Gasteiger partial charge in [0.2, 0.25) is 5.91 Å². The van der Waals surface area contributed by atoms with Crippen LogP contribution >= 0.6 is 11.6 Å². The molecule has 1 saturated heterocycles. The van der Waals surface area contributed by atoms with Crippen molar-refractivity contribution < 1.29 is 14.4 Å². The van der Waals surface area contributed by atoms with Crippen LogP contribution in [-0.2, 0) is 4.79 Å². The van der Waals surface area contributed by atoms with Gasteiger partial charge in [0.15, 0.2) is 0 Å². The quantitative estimate of drug-likeness (QED) is 0.845. The number of piperazine rings is 1. The number of carbonyl (C=O) groups is 3. The van der Waals surface area contributed by atoms with Crippen molar-refractivity contribution in [2.45, 2.75) is 6.92 Å². The molecule has 1 aliphatic rings. The van der Waals surface area contributed by atoms with Crippen molar-refractivity contribution in [3.63, 3.8) is 0 Å². The molecular weight excluding hydrogens is 332 g/mol. The number of hydrogen-bond acceptors (Lipinski definition) is 4. The van der Waals surface area contributed by atoms with Crippen molar-refractivity contribution in [3.8, 4) is 0 Å². The first-order valence-electron chi connectivity index (χ1n) is 7.84. The number of benzene rings is 1. The summed E-state index contributed by atoms with van der Waals surface area (Å²) in [6.45, 7) is 4.63. The molecule has 0 aromatic heterocycles. The lowest BCUT2D eigenvalue weighted by atomic mass is 10.2. The van der Waals surface area contributed by atoms with E-state index in [4.69, 9.17) is 11.6 Å². The van der Waals surface area contributed by atoms with Crippen molar-refractivity contribution in [3.05, 3.63) is 34.9 Å². The van der Waals surface area contributed by atoms with Crippen LogP contribution in [0.2, 0.25) is 5.02 Å². The van der Waals surface area contributed by atoms with Crippen LogP contribution in [0.25, 0.3) is 0 Å². The minimum absolute atomic E-state index is 0.0434. The largest absolute Gasteiger partial charge is 0.338 e. The van der Waals surface area contributed by atoms with Crippen LogP contribution in [0.15, 0.2) is 24.3 Å². The third-order valence-electron chi connectivity index (χ3n) is 3.71. The monoisotopic (exact) mass is 352 g/mol. The first-order chi connectivity index (χ1) is 11.5. The van der Waals surface area contributed by atoms with Gasteiger partial charge in [0.25, 0.3) is 5.91 Å². The van der Waals surface area contributed by atoms with E-state index >= 15 is 0 Å². The zero-order chi connectivity index (χ0) is 17.5. The number of hydrogen-bond donors (Lipinski definition) is 2. The SMILES string of the molecule is CCNC(=O)NC(=O)CN1CCN(C(=O)c2ccc(Cl)cc2)CC1. The maximum Gasteiger partial charge on any atom is 0.321 e. The minimum Gasteiger partial charge on any atom is -0.338 e. The molecule has 8 heteroatoms. The van der Waals surface area contributed by atoms with E-state index in [1.807, 2.05) is 4.90 Å². The first-order valence-corrected chi connectivity index (χ1v) is 8.22. The summed E-state index contributed by atoms with van der Waals surface area (Å²) in [6, 6.07) is 6.31. The second-order valence-corrected chi connectivity index (χ2v) is 5.92. The Kier molecular flexibility index (Phi) is 6.57. The van der Waals surface area contributed by atoms with E-state index in [1.54, 1.807) is 36.1 Å². The highest BCUT2D eigenvalue weighted by molar-refractivity contribution is 6.30. The highest BCUT2D eigenvalue weighted by Gasteiger charge is 2.23. The van der Waals surface area contributed by atoms with Crippen molar-refractivity contribution in [1.29, 1.82) is 0 Å². The fourth-order valence-corrected chi connectivity index (χ4v) is 2.58. The molecule has 0 aliphatic carbocycles. The van der Waals surface area contributed by atoms with Gasteiger partial charge >= 0.3 is 6.03 Å². The normalized spacial score (nSPS) is 15.0. The number of amides is 4. The van der Waals surface area contributed by atoms with Crippen molar-refractivity contribution in [1.82, 2.24) is 20.4 Å². The van der Waals surface area contributed by atoms with Gasteiger partial charge in [0, 0.05) is 43.3 Å². The van der Waals surface area contributed by atoms with Crippen molar-refractivity contribution >= 4 is 29.4 Å². The second-order valence-electron chi connectivity index (χ2n) is 5.48. The Morgan fingerprint density at radius 3 is 2.29 bits per heavy atom. The number of nitrogens with zero attached hydrogens (tertiary/aromatic N) is 2. The van der Waals surface area contributed by atoms with E-state index in [1.165, 1.54) is 0 Å². The van der Waals surface area contributed by atoms with Gasteiger partial charge in [0.05, 0.1) is 6.54 Å². The molecule has 0 bridgehead atoms. The lowest BCUT2D eigenvalue weighted by Gasteiger charge is -2.34. The fraction of sp³-hybridized carbons (Fsp3) is 0.438. The molecule has 1 fully saturated rings. The molecule has 2 N–H and O–H groups in total. The lowest BCUT2D eigenvalue weighted by molar-refractivity contribution is -0.121. The van der Waals surface area contributed by atoms with Gasteiger partial charge in [-0.05, 0) is 31.2 Å². The molecule has 7 nitrogen and oxygen atoms in total. The molecule has 130 valence electrons. The van der Waals surface area contributed by atoms with Gasteiger partial charge in [-0.15, -0.1) is 0 Å². The molecule has 0 unspecified atom stereocenters. The topological polar surface area (TPSA) is 81.8 Å². The standard InChI is InChI=1S/C16H21ClN4O3/c1-2-18-16(24)19-14(22)11-20-7-9-21(10-8-20)15(23)12-3-5-13(17)6-4-12/h3-6H,2,7-11H2,1H3,(H2,18,19,22,24). The van der Waals surface area contributed by atoms with Crippen LogP contribution in [0.5, 0.6) is 0 Å². The smallest absolute Gasteiger partial charge is 0.321 e. The molecule has 1 aromatic rings. The maximum atomic E-state index is 12.4. The molecule has 0 atom stereocenters. The third kappa shape index (κ3) is 5.21. The summed E-state index contributed by atoms with van der Waals surface area (Å²) in [7, 11) is 0. The second kappa shape index (κ2) is 8.65. The van der Waals surface area contributed by atoms with E-state index < -0.39 is 6.03 Å². The van der Waals surface area contributed by atoms with E-state index in [0.29, 0.717) is 43.3 Å². The van der Waals surface area contributed by atoms with Crippen LogP contribution in [-0.4, -0.2) is 66.9 Å². The van der Waals surface area contributed by atoms with Gasteiger partial charge in [-0.3, -0.25) is 19.8 Å². The Morgan fingerprint density at radius 2 is 1.71 bits per heavy atom. The van der Waals surface area contributed by atoms with Crippen LogP contribution in [0.3, 0.4) is 0 Å². The van der Waals surface area contributed by atoms with Crippen LogP contribution in [0.4, 0.5) is 4.79 Å². The van der Waals surface area contributed by atoms with Gasteiger partial charge in [-0.2, -0.15) is 0 Å². The summed E-state index contributed by atoms with van der Waals surface area (Å²) in [5.74, 6) is -0.392. The molecule has 1 aliphatic heterocycles. The number of halogens is 1. The first kappa shape index (κ1) is 18.2.